The molecule has 1 N–H and O–H groups in total. The molecule has 3 heteroatoms. The monoisotopic (exact) mass is 143 g/mol. The van der Waals surface area contributed by atoms with Gasteiger partial charge in [0.2, 0.25) is 0 Å². The molecule has 1 unspecified atom stereocenters. The molecule has 0 aliphatic carbocycles. The number of nitrogens with zero attached hydrogens (tertiary/aromatic N) is 1. The molecule has 3 nitrogen and oxygen atoms in total. The van der Waals surface area contributed by atoms with Crippen LogP contribution in [0.5, 0.6) is 0 Å². The van der Waals surface area contributed by atoms with Crippen LogP contribution in [0.15, 0.2) is 4.99 Å². The number of aliphatic hydroxyl groups is 1. The molecule has 0 aromatic heterocycles. The number of hydrogen-bond donors (Lipinski definition) is 1. The van der Waals surface area contributed by atoms with Crippen LogP contribution in [0.4, 0.5) is 0 Å². The SMILES string of the molecule is CC1=NC(C)(O)C(C)(C)O1. The standard InChI is InChI=1S/C7H13NO2/c1-5-8-7(4,9)6(2,3)10-5/h9H,1-4H3. The Hall–Kier alpha value is -0.570. The van der Waals surface area contributed by atoms with E-state index in [1.165, 1.54) is 0 Å². The molecular formula is C7H13NO2. The van der Waals surface area contributed by atoms with E-state index >= 15 is 0 Å². The highest BCUT2D eigenvalue weighted by Crippen LogP contribution is 2.32. The third kappa shape index (κ3) is 0.904. The van der Waals surface area contributed by atoms with Crippen LogP contribution >= 0.6 is 0 Å². The van der Waals surface area contributed by atoms with E-state index in [4.69, 9.17) is 4.74 Å². The van der Waals surface area contributed by atoms with E-state index in [-0.39, 0.29) is 0 Å². The Labute approximate surface area is 60.7 Å². The lowest BCUT2D eigenvalue weighted by molar-refractivity contribution is -0.0782. The van der Waals surface area contributed by atoms with Crippen LogP contribution in [0.2, 0.25) is 0 Å². The minimum Gasteiger partial charge on any atom is -0.470 e. The first kappa shape index (κ1) is 7.54. The number of rotatable bonds is 0. The molecule has 0 aromatic carbocycles. The van der Waals surface area contributed by atoms with Gasteiger partial charge in [0.25, 0.3) is 0 Å². The van der Waals surface area contributed by atoms with Crippen LogP contribution in [0.25, 0.3) is 0 Å². The summed E-state index contributed by atoms with van der Waals surface area (Å²) in [7, 11) is 0. The van der Waals surface area contributed by atoms with Crippen LogP contribution in [0.3, 0.4) is 0 Å². The quantitative estimate of drug-likeness (QED) is 0.548. The predicted molar refractivity (Wildman–Crippen MR) is 38.9 cm³/mol. The second-order valence-electron chi connectivity index (χ2n) is 3.26. The molecule has 0 bridgehead atoms. The molecule has 1 aliphatic heterocycles. The Balaban J connectivity index is 2.92. The first-order chi connectivity index (χ1) is 4.35. The second kappa shape index (κ2) is 1.72. The average Bonchev–Trinajstić information content (AvgIpc) is 1.73. The zero-order valence-electron chi connectivity index (χ0n) is 6.80. The zero-order valence-corrected chi connectivity index (χ0v) is 6.80. The lowest BCUT2D eigenvalue weighted by Crippen LogP contribution is -2.43. The van der Waals surface area contributed by atoms with E-state index in [0.29, 0.717) is 5.90 Å². The van der Waals surface area contributed by atoms with Gasteiger partial charge >= 0.3 is 0 Å². The van der Waals surface area contributed by atoms with Gasteiger partial charge in [0.05, 0.1) is 0 Å². The fourth-order valence-corrected chi connectivity index (χ4v) is 0.930. The molecule has 1 rings (SSSR count). The minimum atomic E-state index is -1.07. The molecule has 1 heterocycles. The van der Waals surface area contributed by atoms with Crippen LogP contribution in [-0.4, -0.2) is 22.3 Å². The predicted octanol–water partition coefficient (Wildman–Crippen LogP) is 0.922. The topological polar surface area (TPSA) is 41.8 Å². The molecule has 0 radical (unpaired) electrons. The number of aliphatic imine (C=N–C) groups is 1. The molecule has 0 aromatic rings. The smallest absolute Gasteiger partial charge is 0.196 e. The van der Waals surface area contributed by atoms with Crippen molar-refractivity contribution < 1.29 is 9.84 Å². The average molecular weight is 143 g/mol. The fourth-order valence-electron chi connectivity index (χ4n) is 0.930. The van der Waals surface area contributed by atoms with E-state index in [1.54, 1.807) is 13.8 Å². The third-order valence-corrected chi connectivity index (χ3v) is 1.92. The van der Waals surface area contributed by atoms with Gasteiger partial charge in [-0.15, -0.1) is 0 Å². The van der Waals surface area contributed by atoms with Crippen molar-refractivity contribution in [1.82, 2.24) is 0 Å². The maximum absolute atomic E-state index is 9.58. The van der Waals surface area contributed by atoms with Crippen molar-refractivity contribution in [3.8, 4) is 0 Å². The van der Waals surface area contributed by atoms with E-state index < -0.39 is 11.3 Å². The van der Waals surface area contributed by atoms with Gasteiger partial charge in [-0.3, -0.25) is 0 Å². The summed E-state index contributed by atoms with van der Waals surface area (Å²) >= 11 is 0. The lowest BCUT2D eigenvalue weighted by Gasteiger charge is -2.28. The van der Waals surface area contributed by atoms with Crippen LogP contribution in [-0.2, 0) is 4.74 Å². The minimum absolute atomic E-state index is 0.551. The number of ether oxygens (including phenoxy) is 1. The van der Waals surface area contributed by atoms with Gasteiger partial charge in [0, 0.05) is 6.92 Å². The molecule has 1 atom stereocenters. The van der Waals surface area contributed by atoms with Crippen LogP contribution in [0, 0.1) is 0 Å². The zero-order chi connectivity index (χ0) is 7.99. The highest BCUT2D eigenvalue weighted by atomic mass is 16.5. The first-order valence-electron chi connectivity index (χ1n) is 3.33. The Bertz CT molecular complexity index is 182. The van der Waals surface area contributed by atoms with Crippen molar-refractivity contribution in [2.75, 3.05) is 0 Å². The molecule has 0 spiro atoms. The van der Waals surface area contributed by atoms with Gasteiger partial charge in [-0.05, 0) is 20.8 Å². The highest BCUT2D eigenvalue weighted by molar-refractivity contribution is 5.76. The van der Waals surface area contributed by atoms with Crippen molar-refractivity contribution in [2.24, 2.45) is 4.99 Å². The van der Waals surface area contributed by atoms with Gasteiger partial charge in [0.1, 0.15) is 0 Å². The summed E-state index contributed by atoms with van der Waals surface area (Å²) in [5, 5.41) is 9.58. The van der Waals surface area contributed by atoms with Gasteiger partial charge in [0.15, 0.2) is 17.2 Å². The molecule has 0 fully saturated rings. The summed E-state index contributed by atoms with van der Waals surface area (Å²) in [6, 6.07) is 0. The van der Waals surface area contributed by atoms with E-state index in [2.05, 4.69) is 4.99 Å². The summed E-state index contributed by atoms with van der Waals surface area (Å²) in [5.41, 5.74) is -1.66. The molecule has 58 valence electrons. The van der Waals surface area contributed by atoms with E-state index in [1.807, 2.05) is 13.8 Å². The van der Waals surface area contributed by atoms with Crippen LogP contribution < -0.4 is 0 Å². The summed E-state index contributed by atoms with van der Waals surface area (Å²) in [6.07, 6.45) is 0. The summed E-state index contributed by atoms with van der Waals surface area (Å²) in [4.78, 5) is 3.92. The number of hydrogen-bond acceptors (Lipinski definition) is 3. The Kier molecular flexibility index (Phi) is 1.30. The fraction of sp³-hybridized carbons (Fsp3) is 0.857. The van der Waals surface area contributed by atoms with Gasteiger partial charge < -0.3 is 9.84 Å². The van der Waals surface area contributed by atoms with Gasteiger partial charge in [-0.1, -0.05) is 0 Å². The Morgan fingerprint density at radius 2 is 1.90 bits per heavy atom. The maximum atomic E-state index is 9.58. The van der Waals surface area contributed by atoms with Crippen molar-refractivity contribution in [1.29, 1.82) is 0 Å². The largest absolute Gasteiger partial charge is 0.470 e. The maximum Gasteiger partial charge on any atom is 0.196 e. The normalized spacial score (nSPS) is 37.1. The molecule has 1 aliphatic rings. The highest BCUT2D eigenvalue weighted by Gasteiger charge is 2.46. The van der Waals surface area contributed by atoms with Crippen molar-refractivity contribution >= 4 is 5.90 Å². The van der Waals surface area contributed by atoms with Crippen molar-refractivity contribution in [2.45, 2.75) is 39.0 Å². The van der Waals surface area contributed by atoms with E-state index in [0.717, 1.165) is 0 Å². The molecule has 10 heavy (non-hydrogen) atoms. The van der Waals surface area contributed by atoms with Gasteiger partial charge in [-0.25, -0.2) is 4.99 Å². The third-order valence-electron chi connectivity index (χ3n) is 1.92. The summed E-state index contributed by atoms with van der Waals surface area (Å²) < 4.78 is 5.26. The van der Waals surface area contributed by atoms with E-state index in [9.17, 15) is 5.11 Å². The molecule has 0 saturated carbocycles. The van der Waals surface area contributed by atoms with Crippen molar-refractivity contribution in [3.05, 3.63) is 0 Å². The first-order valence-corrected chi connectivity index (χ1v) is 3.33. The molecular weight excluding hydrogens is 130 g/mol. The molecule has 0 saturated heterocycles. The van der Waals surface area contributed by atoms with Crippen molar-refractivity contribution in [3.63, 3.8) is 0 Å². The lowest BCUT2D eigenvalue weighted by atomic mass is 9.98. The Morgan fingerprint density at radius 1 is 1.40 bits per heavy atom. The summed E-state index contributed by atoms with van der Waals surface area (Å²) in [5.74, 6) is 0.551. The van der Waals surface area contributed by atoms with Crippen LogP contribution in [0.1, 0.15) is 27.7 Å². The molecule has 0 amide bonds. The Morgan fingerprint density at radius 3 is 2.00 bits per heavy atom. The second-order valence-corrected chi connectivity index (χ2v) is 3.26. The van der Waals surface area contributed by atoms with Gasteiger partial charge in [-0.2, -0.15) is 0 Å². The summed E-state index contributed by atoms with van der Waals surface area (Å²) in [6.45, 7) is 7.01.